The zero-order chi connectivity index (χ0) is 14.7. The second-order valence-corrected chi connectivity index (χ2v) is 6.01. The van der Waals surface area contributed by atoms with Crippen molar-refractivity contribution >= 4 is 29.2 Å². The van der Waals surface area contributed by atoms with Gasteiger partial charge in [-0.1, -0.05) is 37.5 Å². The molecular weight excluding hydrogens is 298 g/mol. The van der Waals surface area contributed by atoms with Crippen molar-refractivity contribution in [1.82, 2.24) is 10.3 Å². The maximum atomic E-state index is 12.2. The van der Waals surface area contributed by atoms with Crippen LogP contribution in [-0.4, -0.2) is 23.0 Å². The summed E-state index contributed by atoms with van der Waals surface area (Å²) >= 11 is 0. The van der Waals surface area contributed by atoms with E-state index in [1.165, 1.54) is 19.3 Å². The highest BCUT2D eigenvalue weighted by atomic mass is 35.5. The smallest absolute Gasteiger partial charge is 0.237 e. The first-order valence-electron chi connectivity index (χ1n) is 7.85. The topological polar surface area (TPSA) is 70.9 Å². The van der Waals surface area contributed by atoms with Gasteiger partial charge >= 0.3 is 0 Å². The minimum absolute atomic E-state index is 0. The molecule has 1 aromatic heterocycles. The number of rotatable bonds is 4. The second kappa shape index (κ2) is 7.65. The summed E-state index contributed by atoms with van der Waals surface area (Å²) in [6.07, 6.45) is 8.41. The number of amides is 1. The van der Waals surface area contributed by atoms with E-state index < -0.39 is 6.04 Å². The number of halogens is 1. The maximum Gasteiger partial charge on any atom is 0.237 e. The quantitative estimate of drug-likeness (QED) is 0.810. The van der Waals surface area contributed by atoms with Gasteiger partial charge in [0, 0.05) is 23.1 Å². The highest BCUT2D eigenvalue weighted by molar-refractivity contribution is 5.86. The van der Waals surface area contributed by atoms with E-state index in [2.05, 4.69) is 16.4 Å². The number of para-hydroxylation sites is 1. The molecule has 2 aromatic rings. The van der Waals surface area contributed by atoms with Crippen LogP contribution in [0.25, 0.3) is 10.9 Å². The van der Waals surface area contributed by atoms with Gasteiger partial charge in [-0.3, -0.25) is 4.79 Å². The van der Waals surface area contributed by atoms with Gasteiger partial charge in [0.15, 0.2) is 0 Å². The highest BCUT2D eigenvalue weighted by Crippen LogP contribution is 2.20. The average molecular weight is 322 g/mol. The normalized spacial score (nSPS) is 17.0. The molecule has 0 unspecified atom stereocenters. The Morgan fingerprint density at radius 3 is 2.77 bits per heavy atom. The van der Waals surface area contributed by atoms with Crippen molar-refractivity contribution in [2.24, 2.45) is 5.73 Å². The van der Waals surface area contributed by atoms with Crippen LogP contribution in [0.4, 0.5) is 0 Å². The molecule has 0 saturated heterocycles. The largest absolute Gasteiger partial charge is 0.361 e. The Hall–Kier alpha value is -1.52. The summed E-state index contributed by atoms with van der Waals surface area (Å²) in [5.41, 5.74) is 8.29. The molecule has 1 aromatic carbocycles. The van der Waals surface area contributed by atoms with Crippen LogP contribution >= 0.6 is 12.4 Å². The molecule has 1 heterocycles. The predicted molar refractivity (Wildman–Crippen MR) is 92.2 cm³/mol. The fraction of sp³-hybridized carbons (Fsp3) is 0.471. The molecule has 1 amide bonds. The fourth-order valence-electron chi connectivity index (χ4n) is 3.19. The molecule has 1 atom stereocenters. The Balaban J connectivity index is 0.00000176. The van der Waals surface area contributed by atoms with Crippen molar-refractivity contribution in [2.45, 2.75) is 50.6 Å². The third-order valence-electron chi connectivity index (χ3n) is 4.40. The summed E-state index contributed by atoms with van der Waals surface area (Å²) < 4.78 is 0. The number of aromatic amines is 1. The van der Waals surface area contributed by atoms with Gasteiger partial charge in [-0.05, 0) is 30.9 Å². The van der Waals surface area contributed by atoms with Gasteiger partial charge in [0.25, 0.3) is 0 Å². The number of hydrogen-bond acceptors (Lipinski definition) is 2. The van der Waals surface area contributed by atoms with Gasteiger partial charge in [-0.2, -0.15) is 0 Å². The van der Waals surface area contributed by atoms with Crippen LogP contribution in [0.1, 0.15) is 37.7 Å². The zero-order valence-electron chi connectivity index (χ0n) is 12.7. The van der Waals surface area contributed by atoms with Gasteiger partial charge in [0.05, 0.1) is 6.04 Å². The number of fused-ring (bicyclic) bond motifs is 1. The molecule has 4 nitrogen and oxygen atoms in total. The van der Waals surface area contributed by atoms with E-state index in [-0.39, 0.29) is 18.3 Å². The average Bonchev–Trinajstić information content (AvgIpc) is 2.91. The molecule has 1 aliphatic rings. The monoisotopic (exact) mass is 321 g/mol. The van der Waals surface area contributed by atoms with Gasteiger partial charge in [-0.25, -0.2) is 0 Å². The highest BCUT2D eigenvalue weighted by Gasteiger charge is 2.20. The van der Waals surface area contributed by atoms with E-state index >= 15 is 0 Å². The Morgan fingerprint density at radius 1 is 1.27 bits per heavy atom. The number of hydrogen-bond donors (Lipinski definition) is 3. The Morgan fingerprint density at radius 2 is 2.00 bits per heavy atom. The number of carbonyl (C=O) groups excluding carboxylic acids is 1. The molecule has 1 aliphatic carbocycles. The molecule has 1 fully saturated rings. The number of nitrogens with two attached hydrogens (primary N) is 1. The first kappa shape index (κ1) is 16.8. The first-order chi connectivity index (χ1) is 10.2. The lowest BCUT2D eigenvalue weighted by Gasteiger charge is -2.24. The Bertz CT molecular complexity index is 619. The molecular formula is C17H24ClN3O. The minimum atomic E-state index is -0.480. The van der Waals surface area contributed by atoms with E-state index in [9.17, 15) is 4.79 Å². The lowest BCUT2D eigenvalue weighted by molar-refractivity contribution is -0.123. The van der Waals surface area contributed by atoms with Crippen molar-refractivity contribution in [3.05, 3.63) is 36.0 Å². The van der Waals surface area contributed by atoms with E-state index in [1.54, 1.807) is 0 Å². The third-order valence-corrected chi connectivity index (χ3v) is 4.40. The van der Waals surface area contributed by atoms with Crippen molar-refractivity contribution in [3.8, 4) is 0 Å². The van der Waals surface area contributed by atoms with Crippen LogP contribution < -0.4 is 11.1 Å². The van der Waals surface area contributed by atoms with Crippen molar-refractivity contribution in [2.75, 3.05) is 0 Å². The molecule has 0 bridgehead atoms. The molecule has 4 N–H and O–H groups in total. The minimum Gasteiger partial charge on any atom is -0.361 e. The molecule has 120 valence electrons. The molecule has 3 rings (SSSR count). The zero-order valence-corrected chi connectivity index (χ0v) is 13.5. The van der Waals surface area contributed by atoms with E-state index in [0.29, 0.717) is 12.5 Å². The number of nitrogens with one attached hydrogen (secondary N) is 2. The number of carbonyl (C=O) groups is 1. The lowest BCUT2D eigenvalue weighted by atomic mass is 9.95. The number of aromatic nitrogens is 1. The van der Waals surface area contributed by atoms with Crippen LogP contribution in [0.15, 0.2) is 30.5 Å². The summed E-state index contributed by atoms with van der Waals surface area (Å²) in [6.45, 7) is 0. The van der Waals surface area contributed by atoms with Crippen LogP contribution in [0, 0.1) is 0 Å². The summed E-state index contributed by atoms with van der Waals surface area (Å²) in [5, 5.41) is 4.26. The van der Waals surface area contributed by atoms with Gasteiger partial charge in [-0.15, -0.1) is 12.4 Å². The number of H-pyrrole nitrogens is 1. The summed E-state index contributed by atoms with van der Waals surface area (Å²) in [4.78, 5) is 15.5. The summed E-state index contributed by atoms with van der Waals surface area (Å²) in [5.74, 6) is -0.0211. The summed E-state index contributed by atoms with van der Waals surface area (Å²) in [7, 11) is 0. The van der Waals surface area contributed by atoms with E-state index in [4.69, 9.17) is 5.73 Å². The molecule has 22 heavy (non-hydrogen) atoms. The van der Waals surface area contributed by atoms with Crippen LogP contribution in [0.5, 0.6) is 0 Å². The van der Waals surface area contributed by atoms with Crippen LogP contribution in [0.2, 0.25) is 0 Å². The molecule has 0 spiro atoms. The van der Waals surface area contributed by atoms with Gasteiger partial charge in [0.2, 0.25) is 5.91 Å². The van der Waals surface area contributed by atoms with Crippen molar-refractivity contribution in [3.63, 3.8) is 0 Å². The molecule has 0 aliphatic heterocycles. The summed E-state index contributed by atoms with van der Waals surface area (Å²) in [6, 6.07) is 7.94. The van der Waals surface area contributed by atoms with Crippen molar-refractivity contribution < 1.29 is 4.79 Å². The van der Waals surface area contributed by atoms with Gasteiger partial charge in [0.1, 0.15) is 0 Å². The Labute approximate surface area is 137 Å². The molecule has 0 radical (unpaired) electrons. The molecule has 1 saturated carbocycles. The predicted octanol–water partition coefficient (Wildman–Crippen LogP) is 2.91. The van der Waals surface area contributed by atoms with Crippen molar-refractivity contribution in [1.29, 1.82) is 0 Å². The number of benzene rings is 1. The van der Waals surface area contributed by atoms with E-state index in [1.807, 2.05) is 24.4 Å². The second-order valence-electron chi connectivity index (χ2n) is 6.01. The van der Waals surface area contributed by atoms with E-state index in [0.717, 1.165) is 29.3 Å². The lowest BCUT2D eigenvalue weighted by Crippen LogP contribution is -2.46. The maximum absolute atomic E-state index is 12.2. The van der Waals surface area contributed by atoms with Crippen LogP contribution in [0.3, 0.4) is 0 Å². The third kappa shape index (κ3) is 3.81. The first-order valence-corrected chi connectivity index (χ1v) is 7.85. The van der Waals surface area contributed by atoms with Crippen LogP contribution in [-0.2, 0) is 11.2 Å². The fourth-order valence-corrected chi connectivity index (χ4v) is 3.19. The van der Waals surface area contributed by atoms with Gasteiger partial charge < -0.3 is 16.0 Å². The standard InChI is InChI=1S/C17H23N3O.ClH/c18-15(17(21)20-13-6-2-1-3-7-13)10-12-11-19-16-9-5-4-8-14(12)16;/h4-5,8-9,11,13,15,19H,1-3,6-7,10,18H2,(H,20,21);1H/t15-;/m0./s1. The molecule has 5 heteroatoms. The SMILES string of the molecule is Cl.N[C@@H](Cc1c[nH]c2ccccc12)C(=O)NC1CCCCC1. The Kier molecular flexibility index (Phi) is 5.86.